The predicted octanol–water partition coefficient (Wildman–Crippen LogP) is 1.09. The van der Waals surface area contributed by atoms with E-state index in [2.05, 4.69) is 12.1 Å². The highest BCUT2D eigenvalue weighted by atomic mass is 32.2. The van der Waals surface area contributed by atoms with Crippen LogP contribution < -0.4 is 9.64 Å². The van der Waals surface area contributed by atoms with Crippen molar-refractivity contribution >= 4 is 9.84 Å². The zero-order valence-corrected chi connectivity index (χ0v) is 16.9. The number of benzene rings is 1. The minimum atomic E-state index is -2.94. The van der Waals surface area contributed by atoms with Crippen LogP contribution in [0.5, 0.6) is 5.75 Å². The van der Waals surface area contributed by atoms with Gasteiger partial charge < -0.3 is 9.64 Å². The summed E-state index contributed by atoms with van der Waals surface area (Å²) in [7, 11) is -0.886. The van der Waals surface area contributed by atoms with Crippen molar-refractivity contribution in [2.45, 2.75) is 32.9 Å². The van der Waals surface area contributed by atoms with Crippen molar-refractivity contribution in [1.29, 1.82) is 0 Å². The van der Waals surface area contributed by atoms with Crippen LogP contribution in [0, 0.1) is 19.7 Å². The lowest BCUT2D eigenvalue weighted by Gasteiger charge is -2.16. The highest BCUT2D eigenvalue weighted by Gasteiger charge is 2.31. The molecule has 1 aromatic carbocycles. The van der Waals surface area contributed by atoms with Gasteiger partial charge in [-0.25, -0.2) is 12.8 Å². The van der Waals surface area contributed by atoms with Crippen molar-refractivity contribution in [2.24, 2.45) is 0 Å². The van der Waals surface area contributed by atoms with Gasteiger partial charge in [0.2, 0.25) is 0 Å². The molecular weight excluding hydrogens is 369 g/mol. The van der Waals surface area contributed by atoms with Gasteiger partial charge in [-0.2, -0.15) is 5.10 Å². The monoisotopic (exact) mass is 396 g/mol. The summed E-state index contributed by atoms with van der Waals surface area (Å²) in [6.45, 7) is 5.86. The summed E-state index contributed by atoms with van der Waals surface area (Å²) in [5, 5.41) is 4.61. The van der Waals surface area contributed by atoms with Crippen LogP contribution in [0.1, 0.15) is 29.4 Å². The second-order valence-electron chi connectivity index (χ2n) is 7.31. The molecule has 0 radical (unpaired) electrons. The van der Waals surface area contributed by atoms with Gasteiger partial charge in [-0.3, -0.25) is 4.68 Å². The number of hydrogen-bond donors (Lipinski definition) is 1. The summed E-state index contributed by atoms with van der Waals surface area (Å²) < 4.78 is 44.5. The number of halogens is 1. The van der Waals surface area contributed by atoms with E-state index in [1.807, 2.05) is 18.5 Å². The molecule has 1 fully saturated rings. The maximum Gasteiger partial charge on any atom is 0.165 e. The lowest BCUT2D eigenvalue weighted by molar-refractivity contribution is -0.893. The van der Waals surface area contributed by atoms with Gasteiger partial charge in [0, 0.05) is 5.69 Å². The Morgan fingerprint density at radius 2 is 2.07 bits per heavy atom. The second-order valence-corrected chi connectivity index (χ2v) is 9.54. The topological polar surface area (TPSA) is 65.6 Å². The number of aryl methyl sites for hydroxylation is 1. The summed E-state index contributed by atoms with van der Waals surface area (Å²) in [4.78, 5) is 1.22. The predicted molar refractivity (Wildman–Crippen MR) is 101 cm³/mol. The van der Waals surface area contributed by atoms with Crippen molar-refractivity contribution in [3.05, 3.63) is 47.0 Å². The molecule has 1 aromatic heterocycles. The molecule has 1 aliphatic rings. The molecule has 1 aliphatic heterocycles. The quantitative estimate of drug-likeness (QED) is 0.761. The van der Waals surface area contributed by atoms with Crippen molar-refractivity contribution < 1.29 is 22.4 Å². The highest BCUT2D eigenvalue weighted by molar-refractivity contribution is 7.91. The van der Waals surface area contributed by atoms with Gasteiger partial charge in [-0.05, 0) is 32.4 Å². The normalized spacial score (nSPS) is 19.9. The fourth-order valence-electron chi connectivity index (χ4n) is 3.56. The van der Waals surface area contributed by atoms with Crippen molar-refractivity contribution in [1.82, 2.24) is 9.78 Å². The Labute approximate surface area is 159 Å². The number of nitrogens with zero attached hydrogens (tertiary/aromatic N) is 2. The van der Waals surface area contributed by atoms with Crippen molar-refractivity contribution in [2.75, 3.05) is 31.7 Å². The highest BCUT2D eigenvalue weighted by Crippen LogP contribution is 2.26. The van der Waals surface area contributed by atoms with E-state index in [-0.39, 0.29) is 29.1 Å². The molecule has 148 valence electrons. The number of rotatable bonds is 7. The van der Waals surface area contributed by atoms with E-state index in [9.17, 15) is 12.8 Å². The van der Waals surface area contributed by atoms with Gasteiger partial charge in [-0.1, -0.05) is 12.1 Å². The summed E-state index contributed by atoms with van der Waals surface area (Å²) >= 11 is 0. The Morgan fingerprint density at radius 1 is 1.33 bits per heavy atom. The van der Waals surface area contributed by atoms with Crippen molar-refractivity contribution in [3.8, 4) is 5.75 Å². The largest absolute Gasteiger partial charge is 0.485 e. The first kappa shape index (κ1) is 19.8. The average Bonchev–Trinajstić information content (AvgIpc) is 3.10. The minimum Gasteiger partial charge on any atom is -0.485 e. The summed E-state index contributed by atoms with van der Waals surface area (Å²) in [5.41, 5.74) is 3.11. The first-order valence-electron chi connectivity index (χ1n) is 9.20. The maximum atomic E-state index is 13.6. The third kappa shape index (κ3) is 4.68. The molecule has 0 aliphatic carbocycles. The number of nitrogens with one attached hydrogen (secondary N) is 1. The van der Waals surface area contributed by atoms with E-state index >= 15 is 0 Å². The molecule has 2 atom stereocenters. The first-order valence-corrected chi connectivity index (χ1v) is 11.0. The smallest absolute Gasteiger partial charge is 0.165 e. The van der Waals surface area contributed by atoms with Gasteiger partial charge >= 0.3 is 0 Å². The van der Waals surface area contributed by atoms with E-state index in [0.29, 0.717) is 13.0 Å². The Morgan fingerprint density at radius 3 is 2.74 bits per heavy atom. The van der Waals surface area contributed by atoms with Crippen LogP contribution in [0.3, 0.4) is 0 Å². The van der Waals surface area contributed by atoms with Crippen LogP contribution in [-0.2, 0) is 16.4 Å². The third-order valence-electron chi connectivity index (χ3n) is 5.13. The minimum absolute atomic E-state index is 0.0628. The number of sulfone groups is 1. The van der Waals surface area contributed by atoms with Gasteiger partial charge in [0.1, 0.15) is 19.7 Å². The molecule has 8 heteroatoms. The van der Waals surface area contributed by atoms with Gasteiger partial charge in [0.05, 0.1) is 35.9 Å². The Hall–Kier alpha value is -1.93. The Kier molecular flexibility index (Phi) is 5.86. The van der Waals surface area contributed by atoms with E-state index < -0.39 is 9.84 Å². The molecule has 27 heavy (non-hydrogen) atoms. The first-order chi connectivity index (χ1) is 12.8. The lowest BCUT2D eigenvalue weighted by atomic mass is 10.1. The molecule has 1 saturated heterocycles. The van der Waals surface area contributed by atoms with Crippen molar-refractivity contribution in [3.63, 3.8) is 0 Å². The maximum absolute atomic E-state index is 13.6. The number of ether oxygens (including phenoxy) is 1. The van der Waals surface area contributed by atoms with E-state index in [1.54, 1.807) is 18.2 Å². The van der Waals surface area contributed by atoms with Crippen LogP contribution in [0.4, 0.5) is 4.39 Å². The van der Waals surface area contributed by atoms with Crippen LogP contribution in [0.2, 0.25) is 0 Å². The molecule has 2 aromatic rings. The third-order valence-corrected chi connectivity index (χ3v) is 6.88. The molecule has 1 unspecified atom stereocenters. The van der Waals surface area contributed by atoms with Gasteiger partial charge in [-0.15, -0.1) is 0 Å². The standard InChI is InChI=1S/C19H26FN3O3S/c1-14-17(15(2)23(21-14)16-8-11-27(24,25)13-16)12-22(3)9-10-26-19-7-5-4-6-18(19)20/h4-7,16H,8-13H2,1-3H3/p+1/t16-/m1/s1. The van der Waals surface area contributed by atoms with Crippen LogP contribution in [0.25, 0.3) is 0 Å². The van der Waals surface area contributed by atoms with Crippen LogP contribution in [-0.4, -0.2) is 49.9 Å². The zero-order valence-electron chi connectivity index (χ0n) is 16.0. The number of quaternary nitrogens is 1. The Balaban J connectivity index is 1.59. The molecule has 6 nitrogen and oxygen atoms in total. The molecular formula is C19H27FN3O3S+. The summed E-state index contributed by atoms with van der Waals surface area (Å²) in [5.74, 6) is 0.333. The SMILES string of the molecule is Cc1nn([C@@H]2CCS(=O)(=O)C2)c(C)c1C[NH+](C)CCOc1ccccc1F. The number of hydrogen-bond acceptors (Lipinski definition) is 4. The molecule has 2 heterocycles. The molecule has 1 N–H and O–H groups in total. The average molecular weight is 397 g/mol. The number of para-hydroxylation sites is 1. The molecule has 0 saturated carbocycles. The lowest BCUT2D eigenvalue weighted by Crippen LogP contribution is -3.08. The molecule has 3 rings (SSSR count). The number of aromatic nitrogens is 2. The molecule has 0 bridgehead atoms. The summed E-state index contributed by atoms with van der Waals surface area (Å²) in [6.07, 6.45) is 0.628. The van der Waals surface area contributed by atoms with Crippen LogP contribution in [0.15, 0.2) is 24.3 Å². The van der Waals surface area contributed by atoms with E-state index in [1.165, 1.54) is 11.0 Å². The number of likely N-dealkylation sites (N-methyl/N-ethyl adjacent to an activating group) is 1. The zero-order chi connectivity index (χ0) is 19.6. The summed E-state index contributed by atoms with van der Waals surface area (Å²) in [6, 6.07) is 6.33. The van der Waals surface area contributed by atoms with Gasteiger partial charge in [0.15, 0.2) is 21.4 Å². The molecule has 0 amide bonds. The Bertz CT molecular complexity index is 911. The van der Waals surface area contributed by atoms with Crippen LogP contribution >= 0.6 is 0 Å². The molecule has 0 spiro atoms. The van der Waals surface area contributed by atoms with Gasteiger partial charge in [0.25, 0.3) is 0 Å². The fraction of sp³-hybridized carbons (Fsp3) is 0.526. The fourth-order valence-corrected chi connectivity index (χ4v) is 5.26. The van der Waals surface area contributed by atoms with E-state index in [4.69, 9.17) is 4.74 Å². The van der Waals surface area contributed by atoms with E-state index in [0.717, 1.165) is 30.0 Å². The second kappa shape index (κ2) is 7.98.